The molecule has 0 fully saturated rings. The zero-order valence-corrected chi connectivity index (χ0v) is 8.00. The molecule has 1 rings (SSSR count). The van der Waals surface area contributed by atoms with Gasteiger partial charge >= 0.3 is 5.97 Å². The summed E-state index contributed by atoms with van der Waals surface area (Å²) in [4.78, 5) is 14.4. The van der Waals surface area contributed by atoms with Crippen LogP contribution in [-0.2, 0) is 4.79 Å². The second-order valence-corrected chi connectivity index (χ2v) is 3.06. The predicted molar refractivity (Wildman–Crippen MR) is 52.1 cm³/mol. The number of halogens is 1. The third-order valence-electron chi connectivity index (χ3n) is 1.29. The van der Waals surface area contributed by atoms with E-state index in [0.717, 1.165) is 6.21 Å². The molecular formula is C7H6BrN3O2. The minimum absolute atomic E-state index is 0.158. The number of nitrogens with one attached hydrogen (secondary N) is 2. The van der Waals surface area contributed by atoms with E-state index in [-0.39, 0.29) is 11.4 Å². The normalized spacial score (nSPS) is 18.7. The van der Waals surface area contributed by atoms with Crippen LogP contribution in [0.4, 0.5) is 0 Å². The second-order valence-electron chi connectivity index (χ2n) is 2.14. The van der Waals surface area contributed by atoms with E-state index in [4.69, 9.17) is 10.5 Å². The van der Waals surface area contributed by atoms with Crippen molar-refractivity contribution in [3.05, 3.63) is 22.1 Å². The lowest BCUT2D eigenvalue weighted by molar-refractivity contribution is -0.132. The monoisotopic (exact) mass is 243 g/mol. The second kappa shape index (κ2) is 3.99. The molecule has 0 atom stereocenters. The summed E-state index contributed by atoms with van der Waals surface area (Å²) in [5, 5.41) is 18.1. The van der Waals surface area contributed by atoms with Crippen LogP contribution in [0.1, 0.15) is 0 Å². The Hall–Kier alpha value is -1.43. The van der Waals surface area contributed by atoms with Crippen LogP contribution in [0.3, 0.4) is 0 Å². The number of rotatable bonds is 2. The number of carboxylic acids is 1. The Morgan fingerprint density at radius 1 is 1.77 bits per heavy atom. The van der Waals surface area contributed by atoms with Crippen molar-refractivity contribution in [1.82, 2.24) is 5.32 Å². The highest BCUT2D eigenvalue weighted by Crippen LogP contribution is 2.10. The molecular weight excluding hydrogens is 238 g/mol. The maximum absolute atomic E-state index is 10.6. The molecule has 0 unspecified atom stereocenters. The number of carbonyl (C=O) groups is 1. The Morgan fingerprint density at radius 3 is 2.85 bits per heavy atom. The maximum atomic E-state index is 10.6. The molecule has 1 heterocycles. The minimum Gasteiger partial charge on any atom is -0.477 e. The number of aliphatic imine (C=N–C) groups is 1. The van der Waals surface area contributed by atoms with Gasteiger partial charge in [-0.25, -0.2) is 9.79 Å². The summed E-state index contributed by atoms with van der Waals surface area (Å²) in [6, 6.07) is 0. The van der Waals surface area contributed by atoms with Gasteiger partial charge in [-0.3, -0.25) is 0 Å². The fourth-order valence-electron chi connectivity index (χ4n) is 0.717. The lowest BCUT2D eigenvalue weighted by atomic mass is 10.3. The molecule has 1 aliphatic rings. The van der Waals surface area contributed by atoms with Crippen LogP contribution in [0.2, 0.25) is 0 Å². The van der Waals surface area contributed by atoms with Gasteiger partial charge in [0.2, 0.25) is 0 Å². The highest BCUT2D eigenvalue weighted by atomic mass is 79.9. The van der Waals surface area contributed by atoms with Gasteiger partial charge in [0.25, 0.3) is 0 Å². The molecule has 0 aromatic rings. The van der Waals surface area contributed by atoms with Gasteiger partial charge in [-0.05, 0) is 15.9 Å². The topological polar surface area (TPSA) is 85.5 Å². The van der Waals surface area contributed by atoms with E-state index in [1.165, 1.54) is 6.21 Å². The smallest absolute Gasteiger partial charge is 0.341 e. The Labute approximate surface area is 82.5 Å². The van der Waals surface area contributed by atoms with Crippen LogP contribution >= 0.6 is 15.9 Å². The average molecular weight is 244 g/mol. The van der Waals surface area contributed by atoms with Crippen molar-refractivity contribution in [3.63, 3.8) is 0 Å². The maximum Gasteiger partial charge on any atom is 0.341 e. The van der Waals surface area contributed by atoms with Gasteiger partial charge in [0.1, 0.15) is 11.4 Å². The number of nitrogens with zero attached hydrogens (tertiary/aromatic N) is 1. The molecule has 0 aromatic carbocycles. The standard InChI is InChI=1S/C7H6BrN3O2/c8-4-2-10-6(11-3-4)5(1-9)7(12)13/h1-3,9-10H,(H,12,13)/b6-5-,9-1?. The molecule has 6 heteroatoms. The first kappa shape index (κ1) is 9.66. The first-order valence-electron chi connectivity index (χ1n) is 3.29. The van der Waals surface area contributed by atoms with E-state index >= 15 is 0 Å². The van der Waals surface area contributed by atoms with Crippen LogP contribution in [0, 0.1) is 5.41 Å². The number of hydrogen-bond donors (Lipinski definition) is 3. The molecule has 0 saturated heterocycles. The Kier molecular flexibility index (Phi) is 2.97. The molecule has 0 radical (unpaired) electrons. The van der Waals surface area contributed by atoms with Gasteiger partial charge in [-0.15, -0.1) is 0 Å². The summed E-state index contributed by atoms with van der Waals surface area (Å²) in [6.07, 6.45) is 3.75. The van der Waals surface area contributed by atoms with Gasteiger partial charge in [0, 0.05) is 18.6 Å². The van der Waals surface area contributed by atoms with Crippen LogP contribution in [0.25, 0.3) is 0 Å². The zero-order valence-electron chi connectivity index (χ0n) is 6.41. The van der Waals surface area contributed by atoms with Crippen molar-refractivity contribution in [2.24, 2.45) is 4.99 Å². The van der Waals surface area contributed by atoms with Crippen molar-refractivity contribution < 1.29 is 9.90 Å². The largest absolute Gasteiger partial charge is 0.477 e. The van der Waals surface area contributed by atoms with E-state index < -0.39 is 5.97 Å². The zero-order chi connectivity index (χ0) is 9.84. The molecule has 3 N–H and O–H groups in total. The average Bonchev–Trinajstić information content (AvgIpc) is 2.09. The molecule has 0 aromatic heterocycles. The molecule has 68 valence electrons. The molecule has 0 saturated carbocycles. The summed E-state index contributed by atoms with van der Waals surface area (Å²) >= 11 is 3.15. The van der Waals surface area contributed by atoms with E-state index in [1.807, 2.05) is 0 Å². The van der Waals surface area contributed by atoms with Gasteiger partial charge in [0.15, 0.2) is 0 Å². The highest BCUT2D eigenvalue weighted by molar-refractivity contribution is 9.12. The molecule has 0 spiro atoms. The molecule has 0 bridgehead atoms. The van der Waals surface area contributed by atoms with Crippen molar-refractivity contribution in [1.29, 1.82) is 5.41 Å². The number of carboxylic acid groups (broad SMARTS) is 1. The Morgan fingerprint density at radius 2 is 2.46 bits per heavy atom. The van der Waals surface area contributed by atoms with Gasteiger partial charge in [-0.1, -0.05) is 0 Å². The third kappa shape index (κ3) is 2.25. The number of allylic oxidation sites excluding steroid dienone is 1. The van der Waals surface area contributed by atoms with Crippen LogP contribution in [0.15, 0.2) is 27.1 Å². The first-order chi connectivity index (χ1) is 6.15. The number of aliphatic carboxylic acids is 1. The molecule has 1 aliphatic heterocycles. The van der Waals surface area contributed by atoms with E-state index in [2.05, 4.69) is 26.2 Å². The lowest BCUT2D eigenvalue weighted by Crippen LogP contribution is -2.16. The Balaban J connectivity index is 3.01. The molecule has 13 heavy (non-hydrogen) atoms. The van der Waals surface area contributed by atoms with Crippen molar-refractivity contribution >= 4 is 34.3 Å². The third-order valence-corrected chi connectivity index (χ3v) is 1.73. The Bertz CT molecular complexity index is 344. The minimum atomic E-state index is -1.18. The van der Waals surface area contributed by atoms with Gasteiger partial charge in [0.05, 0.1) is 4.48 Å². The van der Waals surface area contributed by atoms with E-state index in [1.54, 1.807) is 6.20 Å². The molecule has 0 aliphatic carbocycles. The highest BCUT2D eigenvalue weighted by Gasteiger charge is 2.12. The quantitative estimate of drug-likeness (QED) is 0.497. The van der Waals surface area contributed by atoms with Crippen molar-refractivity contribution in [2.75, 3.05) is 0 Å². The van der Waals surface area contributed by atoms with Crippen LogP contribution < -0.4 is 5.32 Å². The summed E-state index contributed by atoms with van der Waals surface area (Å²) < 4.78 is 0.714. The summed E-state index contributed by atoms with van der Waals surface area (Å²) in [5.41, 5.74) is -0.174. The first-order valence-corrected chi connectivity index (χ1v) is 4.08. The predicted octanol–water partition coefficient (Wildman–Crippen LogP) is 0.842. The lowest BCUT2D eigenvalue weighted by Gasteiger charge is -2.08. The summed E-state index contributed by atoms with van der Waals surface area (Å²) in [5.74, 6) is -1.02. The van der Waals surface area contributed by atoms with Gasteiger partial charge in [-0.2, -0.15) is 0 Å². The van der Waals surface area contributed by atoms with E-state index in [0.29, 0.717) is 4.48 Å². The SMILES string of the molecule is N=C/C(C(=O)O)=C1/N=CC(Br)=CN1. The molecule has 0 amide bonds. The van der Waals surface area contributed by atoms with Crippen molar-refractivity contribution in [3.8, 4) is 0 Å². The summed E-state index contributed by atoms with van der Waals surface area (Å²) in [7, 11) is 0. The number of hydrogen-bond acceptors (Lipinski definition) is 4. The van der Waals surface area contributed by atoms with Crippen LogP contribution in [-0.4, -0.2) is 23.5 Å². The van der Waals surface area contributed by atoms with Gasteiger partial charge < -0.3 is 15.8 Å². The molecule has 5 nitrogen and oxygen atoms in total. The fourth-order valence-corrected chi connectivity index (χ4v) is 0.934. The van der Waals surface area contributed by atoms with Crippen molar-refractivity contribution in [2.45, 2.75) is 0 Å². The summed E-state index contributed by atoms with van der Waals surface area (Å²) in [6.45, 7) is 0. The van der Waals surface area contributed by atoms with E-state index in [9.17, 15) is 4.79 Å². The van der Waals surface area contributed by atoms with Crippen LogP contribution in [0.5, 0.6) is 0 Å². The fraction of sp³-hybridized carbons (Fsp3) is 0.